The summed E-state index contributed by atoms with van der Waals surface area (Å²) in [5.41, 5.74) is 7.40. The number of amides is 2. The Balaban J connectivity index is 1.67. The summed E-state index contributed by atoms with van der Waals surface area (Å²) in [7, 11) is 0. The van der Waals surface area contributed by atoms with E-state index in [-0.39, 0.29) is 11.7 Å². The fourth-order valence-electron chi connectivity index (χ4n) is 2.30. The Morgan fingerprint density at radius 1 is 1.12 bits per heavy atom. The molecule has 2 aromatic carbocycles. The van der Waals surface area contributed by atoms with Crippen LogP contribution < -0.4 is 11.1 Å². The number of carbonyl (C=O) groups is 2. The summed E-state index contributed by atoms with van der Waals surface area (Å²) >= 11 is 1.29. The lowest BCUT2D eigenvalue weighted by Crippen LogP contribution is -2.14. The molecule has 0 saturated carbocycles. The number of carbonyl (C=O) groups excluding carboxylic acids is 2. The van der Waals surface area contributed by atoms with Gasteiger partial charge in [-0.05, 0) is 29.8 Å². The molecule has 0 fully saturated rings. The van der Waals surface area contributed by atoms with Crippen molar-refractivity contribution in [2.24, 2.45) is 5.73 Å². The van der Waals surface area contributed by atoms with Crippen LogP contribution in [-0.4, -0.2) is 32.3 Å². The molecule has 3 N–H and O–H groups in total. The van der Waals surface area contributed by atoms with E-state index in [1.165, 1.54) is 18.1 Å². The Morgan fingerprint density at radius 3 is 2.58 bits per heavy atom. The van der Waals surface area contributed by atoms with Gasteiger partial charge in [0, 0.05) is 10.5 Å². The van der Waals surface area contributed by atoms with E-state index in [1.54, 1.807) is 29.2 Å². The summed E-state index contributed by atoms with van der Waals surface area (Å²) in [5.74, 6) is -0.465. The fraction of sp³-hybridized carbons (Fsp3) is 0.111. The Kier molecular flexibility index (Phi) is 5.65. The number of thioether (sulfide) groups is 1. The molecule has 7 nitrogen and oxygen atoms in total. The zero-order valence-corrected chi connectivity index (χ0v) is 14.6. The molecule has 1 heterocycles. The minimum Gasteiger partial charge on any atom is -0.369 e. The van der Waals surface area contributed by atoms with Crippen LogP contribution in [0.5, 0.6) is 0 Å². The van der Waals surface area contributed by atoms with E-state index in [4.69, 9.17) is 5.73 Å². The first-order chi connectivity index (χ1) is 12.6. The number of nitrogens with zero attached hydrogens (tertiary/aromatic N) is 3. The van der Waals surface area contributed by atoms with Crippen molar-refractivity contribution < 1.29 is 9.59 Å². The van der Waals surface area contributed by atoms with Gasteiger partial charge >= 0.3 is 0 Å². The smallest absolute Gasteiger partial charge is 0.255 e. The molecule has 26 heavy (non-hydrogen) atoms. The molecule has 132 valence electrons. The fourth-order valence-corrected chi connectivity index (χ4v) is 3.05. The Morgan fingerprint density at radius 2 is 1.88 bits per heavy atom. The van der Waals surface area contributed by atoms with Crippen LogP contribution in [0.1, 0.15) is 15.9 Å². The standard InChI is InChI=1S/C18H17N5O2S/c19-17(24)10-26-16-4-2-1-3-15(16)22-18(25)14-7-5-13(6-8-14)9-23-12-20-11-21-23/h1-8,11-12H,9-10H2,(H2,19,24)(H,22,25). The van der Waals surface area contributed by atoms with Gasteiger partial charge in [0.05, 0.1) is 18.0 Å². The lowest BCUT2D eigenvalue weighted by molar-refractivity contribution is -0.115. The third kappa shape index (κ3) is 4.70. The van der Waals surface area contributed by atoms with E-state index < -0.39 is 5.91 Å². The second-order valence-corrected chi connectivity index (χ2v) is 6.51. The number of para-hydroxylation sites is 1. The summed E-state index contributed by atoms with van der Waals surface area (Å²) in [6.45, 7) is 0.592. The molecule has 3 rings (SSSR count). The van der Waals surface area contributed by atoms with Gasteiger partial charge < -0.3 is 11.1 Å². The number of aromatic nitrogens is 3. The van der Waals surface area contributed by atoms with Crippen LogP contribution >= 0.6 is 11.8 Å². The Hall–Kier alpha value is -3.13. The van der Waals surface area contributed by atoms with Crippen LogP contribution in [-0.2, 0) is 11.3 Å². The molecule has 0 saturated heterocycles. The van der Waals surface area contributed by atoms with Gasteiger partial charge in [0.2, 0.25) is 5.91 Å². The van der Waals surface area contributed by atoms with Gasteiger partial charge in [-0.15, -0.1) is 11.8 Å². The molecule has 3 aromatic rings. The van der Waals surface area contributed by atoms with Gasteiger partial charge in [-0.25, -0.2) is 9.67 Å². The number of hydrogen-bond donors (Lipinski definition) is 2. The Bertz CT molecular complexity index is 894. The maximum Gasteiger partial charge on any atom is 0.255 e. The lowest BCUT2D eigenvalue weighted by atomic mass is 10.1. The van der Waals surface area contributed by atoms with Crippen molar-refractivity contribution in [3.63, 3.8) is 0 Å². The molecule has 2 amide bonds. The summed E-state index contributed by atoms with van der Waals surface area (Å²) in [6, 6.07) is 14.6. The second-order valence-electron chi connectivity index (χ2n) is 5.50. The average Bonchev–Trinajstić information content (AvgIpc) is 3.14. The molecule has 0 unspecified atom stereocenters. The van der Waals surface area contributed by atoms with Crippen molar-refractivity contribution >= 4 is 29.3 Å². The van der Waals surface area contributed by atoms with Crippen molar-refractivity contribution in [2.45, 2.75) is 11.4 Å². The van der Waals surface area contributed by atoms with Crippen molar-refractivity contribution in [3.05, 3.63) is 72.3 Å². The third-order valence-electron chi connectivity index (χ3n) is 3.53. The molecule has 0 aliphatic heterocycles. The largest absolute Gasteiger partial charge is 0.369 e. The lowest BCUT2D eigenvalue weighted by Gasteiger charge is -2.10. The molecule has 0 bridgehead atoms. The van der Waals surface area contributed by atoms with Gasteiger partial charge in [-0.2, -0.15) is 5.10 Å². The monoisotopic (exact) mass is 367 g/mol. The third-order valence-corrected chi connectivity index (χ3v) is 4.63. The average molecular weight is 367 g/mol. The topological polar surface area (TPSA) is 103 Å². The number of benzene rings is 2. The van der Waals surface area contributed by atoms with Crippen LogP contribution in [0.15, 0.2) is 66.1 Å². The summed E-state index contributed by atoms with van der Waals surface area (Å²) in [5, 5.41) is 6.93. The summed E-state index contributed by atoms with van der Waals surface area (Å²) < 4.78 is 1.71. The van der Waals surface area contributed by atoms with Crippen molar-refractivity contribution in [1.82, 2.24) is 14.8 Å². The first-order valence-corrected chi connectivity index (χ1v) is 8.83. The number of primary amides is 1. The highest BCUT2D eigenvalue weighted by Crippen LogP contribution is 2.27. The van der Waals surface area contributed by atoms with Crippen molar-refractivity contribution in [1.29, 1.82) is 0 Å². The molecule has 0 aliphatic carbocycles. The zero-order chi connectivity index (χ0) is 18.4. The van der Waals surface area contributed by atoms with E-state index in [2.05, 4.69) is 15.4 Å². The molecule has 1 aromatic heterocycles. The molecule has 0 aliphatic rings. The second kappa shape index (κ2) is 8.30. The first kappa shape index (κ1) is 17.7. The number of nitrogens with one attached hydrogen (secondary N) is 1. The minimum absolute atomic E-state index is 0.157. The van der Waals surface area contributed by atoms with E-state index in [9.17, 15) is 9.59 Å². The highest BCUT2D eigenvalue weighted by molar-refractivity contribution is 8.00. The number of hydrogen-bond acceptors (Lipinski definition) is 5. The van der Waals surface area contributed by atoms with Gasteiger partial charge in [0.25, 0.3) is 5.91 Å². The summed E-state index contributed by atoms with van der Waals surface area (Å²) in [6.07, 6.45) is 3.12. The molecule has 0 atom stereocenters. The van der Waals surface area contributed by atoms with E-state index >= 15 is 0 Å². The quantitative estimate of drug-likeness (QED) is 0.623. The highest BCUT2D eigenvalue weighted by Gasteiger charge is 2.10. The normalized spacial score (nSPS) is 10.5. The van der Waals surface area contributed by atoms with Crippen LogP contribution in [0, 0.1) is 0 Å². The zero-order valence-electron chi connectivity index (χ0n) is 13.8. The minimum atomic E-state index is -0.404. The van der Waals surface area contributed by atoms with Gasteiger partial charge in [-0.3, -0.25) is 9.59 Å². The number of anilines is 1. The molecule has 0 spiro atoms. The number of nitrogens with two attached hydrogens (primary N) is 1. The predicted molar refractivity (Wildman–Crippen MR) is 99.9 cm³/mol. The van der Waals surface area contributed by atoms with Crippen LogP contribution in [0.4, 0.5) is 5.69 Å². The Labute approximate surface area is 154 Å². The first-order valence-electron chi connectivity index (χ1n) is 7.84. The van der Waals surface area contributed by atoms with Crippen molar-refractivity contribution in [3.8, 4) is 0 Å². The van der Waals surface area contributed by atoms with Crippen molar-refractivity contribution in [2.75, 3.05) is 11.1 Å². The van der Waals surface area contributed by atoms with E-state index in [0.717, 1.165) is 10.5 Å². The van der Waals surface area contributed by atoms with Gasteiger partial charge in [0.15, 0.2) is 0 Å². The SMILES string of the molecule is NC(=O)CSc1ccccc1NC(=O)c1ccc(Cn2cncn2)cc1. The highest BCUT2D eigenvalue weighted by atomic mass is 32.2. The molecule has 0 radical (unpaired) electrons. The maximum atomic E-state index is 12.5. The van der Waals surface area contributed by atoms with E-state index in [1.807, 2.05) is 30.3 Å². The van der Waals surface area contributed by atoms with Crippen LogP contribution in [0.25, 0.3) is 0 Å². The van der Waals surface area contributed by atoms with Gasteiger partial charge in [-0.1, -0.05) is 24.3 Å². The summed E-state index contributed by atoms with van der Waals surface area (Å²) in [4.78, 5) is 28.2. The maximum absolute atomic E-state index is 12.5. The van der Waals surface area contributed by atoms with Crippen LogP contribution in [0.2, 0.25) is 0 Å². The molecule has 8 heteroatoms. The van der Waals surface area contributed by atoms with Crippen LogP contribution in [0.3, 0.4) is 0 Å². The molecular weight excluding hydrogens is 350 g/mol. The molecular formula is C18H17N5O2S. The van der Waals surface area contributed by atoms with E-state index in [0.29, 0.717) is 17.8 Å². The number of rotatable bonds is 7. The van der Waals surface area contributed by atoms with Gasteiger partial charge in [0.1, 0.15) is 12.7 Å². The predicted octanol–water partition coefficient (Wildman–Crippen LogP) is 2.16.